The van der Waals surface area contributed by atoms with Crippen molar-refractivity contribution in [1.29, 1.82) is 0 Å². The Labute approximate surface area is 107 Å². The maximum atomic E-state index is 12.1. The third kappa shape index (κ3) is 3.97. The minimum atomic E-state index is -0.00384. The van der Waals surface area contributed by atoms with E-state index in [0.717, 1.165) is 17.9 Å². The molecule has 1 amide bonds. The number of thioether (sulfide) groups is 1. The van der Waals surface area contributed by atoms with Crippen LogP contribution in [0.5, 0.6) is 0 Å². The van der Waals surface area contributed by atoms with Gasteiger partial charge >= 0.3 is 0 Å². The molecule has 0 saturated carbocycles. The first-order valence-electron chi connectivity index (χ1n) is 5.79. The largest absolute Gasteiger partial charge is 0.387 e. The van der Waals surface area contributed by atoms with Crippen LogP contribution in [-0.4, -0.2) is 31.0 Å². The zero-order valence-electron chi connectivity index (χ0n) is 10.6. The number of carbonyl (C=O) groups is 1. The van der Waals surface area contributed by atoms with Crippen LogP contribution in [0.25, 0.3) is 0 Å². The number of benzene rings is 1. The highest BCUT2D eigenvalue weighted by molar-refractivity contribution is 7.98. The van der Waals surface area contributed by atoms with Gasteiger partial charge in [0, 0.05) is 24.5 Å². The molecule has 0 radical (unpaired) electrons. The number of rotatable bonds is 6. The summed E-state index contributed by atoms with van der Waals surface area (Å²) in [5.41, 5.74) is 1.57. The van der Waals surface area contributed by atoms with E-state index in [1.807, 2.05) is 31.3 Å². The second-order valence-electron chi connectivity index (χ2n) is 3.83. The lowest BCUT2D eigenvalue weighted by Crippen LogP contribution is -2.36. The summed E-state index contributed by atoms with van der Waals surface area (Å²) in [6, 6.07) is 7.78. The number of amides is 1. The van der Waals surface area contributed by atoms with Gasteiger partial charge in [-0.25, -0.2) is 0 Å². The molecule has 1 aromatic carbocycles. The minimum Gasteiger partial charge on any atom is -0.387 e. The number of hydrogen-bond donors (Lipinski definition) is 2. The first kappa shape index (κ1) is 13.9. The normalized spacial score (nSPS) is 11.9. The van der Waals surface area contributed by atoms with Crippen molar-refractivity contribution in [3.8, 4) is 0 Å². The smallest absolute Gasteiger partial charge is 0.253 e. The quantitative estimate of drug-likeness (QED) is 0.817. The fourth-order valence-electron chi connectivity index (χ4n) is 1.63. The number of carbonyl (C=O) groups excluding carboxylic acids is 1. The van der Waals surface area contributed by atoms with Gasteiger partial charge in [-0.2, -0.15) is 11.8 Å². The van der Waals surface area contributed by atoms with Crippen LogP contribution >= 0.6 is 11.8 Å². The van der Waals surface area contributed by atoms with Gasteiger partial charge in [0.05, 0.1) is 5.56 Å². The highest BCUT2D eigenvalue weighted by atomic mass is 32.2. The molecule has 0 aliphatic heterocycles. The molecular weight excluding hydrogens is 232 g/mol. The highest BCUT2D eigenvalue weighted by Gasteiger charge is 2.13. The maximum absolute atomic E-state index is 12.1. The van der Waals surface area contributed by atoms with Gasteiger partial charge < -0.3 is 10.6 Å². The SMILES string of the molecule is CCC(CSC)NC(=O)c1ccccc1NC. The zero-order chi connectivity index (χ0) is 12.7. The van der Waals surface area contributed by atoms with Crippen LogP contribution in [0.2, 0.25) is 0 Å². The Morgan fingerprint density at radius 2 is 2.12 bits per heavy atom. The molecule has 0 bridgehead atoms. The van der Waals surface area contributed by atoms with Crippen LogP contribution < -0.4 is 10.6 Å². The van der Waals surface area contributed by atoms with E-state index in [1.165, 1.54) is 0 Å². The fourth-order valence-corrected chi connectivity index (χ4v) is 2.35. The highest BCUT2D eigenvalue weighted by Crippen LogP contribution is 2.14. The molecule has 0 fully saturated rings. The van der Waals surface area contributed by atoms with Crippen LogP contribution in [0.3, 0.4) is 0 Å². The maximum Gasteiger partial charge on any atom is 0.253 e. The number of hydrogen-bond acceptors (Lipinski definition) is 3. The van der Waals surface area contributed by atoms with Crippen LogP contribution in [0.1, 0.15) is 23.7 Å². The molecule has 1 rings (SSSR count). The van der Waals surface area contributed by atoms with Gasteiger partial charge in [-0.05, 0) is 24.8 Å². The Kier molecular flexibility index (Phi) is 5.91. The zero-order valence-corrected chi connectivity index (χ0v) is 11.4. The first-order chi connectivity index (χ1) is 8.22. The molecule has 94 valence electrons. The van der Waals surface area contributed by atoms with Gasteiger partial charge in [0.1, 0.15) is 0 Å². The average Bonchev–Trinajstić information content (AvgIpc) is 2.38. The van der Waals surface area contributed by atoms with Crippen molar-refractivity contribution in [3.05, 3.63) is 29.8 Å². The summed E-state index contributed by atoms with van der Waals surface area (Å²) in [5, 5.41) is 6.09. The monoisotopic (exact) mass is 252 g/mol. The Hall–Kier alpha value is -1.16. The molecular formula is C13H20N2OS. The first-order valence-corrected chi connectivity index (χ1v) is 7.18. The standard InChI is InChI=1S/C13H20N2OS/c1-4-10(9-17-3)15-13(16)11-7-5-6-8-12(11)14-2/h5-8,10,14H,4,9H2,1-3H3,(H,15,16). The number of nitrogens with one attached hydrogen (secondary N) is 2. The van der Waals surface area contributed by atoms with Crippen molar-refractivity contribution in [2.75, 3.05) is 24.4 Å². The Bertz CT molecular complexity index is 368. The fraction of sp³-hybridized carbons (Fsp3) is 0.462. The molecule has 1 atom stereocenters. The van der Waals surface area contributed by atoms with Crippen LogP contribution in [0, 0.1) is 0 Å². The lowest BCUT2D eigenvalue weighted by atomic mass is 10.1. The molecule has 0 aromatic heterocycles. The second kappa shape index (κ2) is 7.22. The van der Waals surface area contributed by atoms with Crippen LogP contribution in [0.4, 0.5) is 5.69 Å². The van der Waals surface area contributed by atoms with E-state index in [1.54, 1.807) is 11.8 Å². The third-order valence-corrected chi connectivity index (χ3v) is 3.37. The summed E-state index contributed by atoms with van der Waals surface area (Å²) < 4.78 is 0. The predicted molar refractivity (Wildman–Crippen MR) is 75.9 cm³/mol. The van der Waals surface area contributed by atoms with Gasteiger partial charge in [0.15, 0.2) is 0 Å². The number of para-hydroxylation sites is 1. The Morgan fingerprint density at radius 3 is 2.71 bits per heavy atom. The summed E-state index contributed by atoms with van der Waals surface area (Å²) in [6.07, 6.45) is 3.00. The van der Waals surface area contributed by atoms with E-state index < -0.39 is 0 Å². The van der Waals surface area contributed by atoms with E-state index >= 15 is 0 Å². The van der Waals surface area contributed by atoms with Crippen LogP contribution in [0.15, 0.2) is 24.3 Å². The lowest BCUT2D eigenvalue weighted by Gasteiger charge is -2.17. The van der Waals surface area contributed by atoms with Crippen LogP contribution in [-0.2, 0) is 0 Å². The molecule has 1 aromatic rings. The number of anilines is 1. The topological polar surface area (TPSA) is 41.1 Å². The molecule has 17 heavy (non-hydrogen) atoms. The molecule has 1 unspecified atom stereocenters. The minimum absolute atomic E-state index is 0.00384. The molecule has 0 saturated heterocycles. The Morgan fingerprint density at radius 1 is 1.41 bits per heavy atom. The van der Waals surface area contributed by atoms with Gasteiger partial charge in [-0.15, -0.1) is 0 Å². The van der Waals surface area contributed by atoms with Crippen molar-refractivity contribution in [1.82, 2.24) is 5.32 Å². The van der Waals surface area contributed by atoms with E-state index in [2.05, 4.69) is 23.8 Å². The van der Waals surface area contributed by atoms with Gasteiger partial charge in [0.2, 0.25) is 0 Å². The predicted octanol–water partition coefficient (Wildman–Crippen LogP) is 2.60. The molecule has 0 heterocycles. The molecule has 0 spiro atoms. The van der Waals surface area contributed by atoms with Crippen molar-refractivity contribution in [2.45, 2.75) is 19.4 Å². The third-order valence-electron chi connectivity index (χ3n) is 2.64. The van der Waals surface area contributed by atoms with Crippen molar-refractivity contribution in [3.63, 3.8) is 0 Å². The summed E-state index contributed by atoms with van der Waals surface area (Å²) in [5.74, 6) is 0.945. The van der Waals surface area contributed by atoms with Crippen molar-refractivity contribution < 1.29 is 4.79 Å². The van der Waals surface area contributed by atoms with E-state index in [0.29, 0.717) is 5.56 Å². The second-order valence-corrected chi connectivity index (χ2v) is 4.74. The van der Waals surface area contributed by atoms with Crippen molar-refractivity contribution >= 4 is 23.4 Å². The summed E-state index contributed by atoms with van der Waals surface area (Å²) >= 11 is 1.75. The summed E-state index contributed by atoms with van der Waals surface area (Å²) in [4.78, 5) is 12.1. The average molecular weight is 252 g/mol. The molecule has 0 aliphatic carbocycles. The van der Waals surface area contributed by atoms with E-state index in [4.69, 9.17) is 0 Å². The molecule has 4 heteroatoms. The van der Waals surface area contributed by atoms with E-state index in [9.17, 15) is 4.79 Å². The lowest BCUT2D eigenvalue weighted by molar-refractivity contribution is 0.0941. The molecule has 3 nitrogen and oxygen atoms in total. The van der Waals surface area contributed by atoms with Crippen molar-refractivity contribution in [2.24, 2.45) is 0 Å². The Balaban J connectivity index is 2.75. The molecule has 2 N–H and O–H groups in total. The van der Waals surface area contributed by atoms with Gasteiger partial charge in [0.25, 0.3) is 5.91 Å². The molecule has 0 aliphatic rings. The van der Waals surface area contributed by atoms with Gasteiger partial charge in [-0.1, -0.05) is 19.1 Å². The summed E-state index contributed by atoms with van der Waals surface area (Å²) in [6.45, 7) is 2.09. The van der Waals surface area contributed by atoms with Gasteiger partial charge in [-0.3, -0.25) is 4.79 Å². The summed E-state index contributed by atoms with van der Waals surface area (Å²) in [7, 11) is 1.82. The van der Waals surface area contributed by atoms with E-state index in [-0.39, 0.29) is 11.9 Å².